The van der Waals surface area contributed by atoms with Gasteiger partial charge in [0.25, 0.3) is 6.57 Å². The summed E-state index contributed by atoms with van der Waals surface area (Å²) in [6.45, 7) is 9.06. The molecule has 1 aromatic rings. The van der Waals surface area contributed by atoms with Crippen molar-refractivity contribution in [1.82, 2.24) is 0 Å². The van der Waals surface area contributed by atoms with Gasteiger partial charge in [-0.25, -0.2) is 0 Å². The Labute approximate surface area is 72.4 Å². The maximum absolute atomic E-state index is 5.18. The second-order valence-corrected chi connectivity index (χ2v) is 2.68. The van der Waals surface area contributed by atoms with Gasteiger partial charge in [0.15, 0.2) is 5.69 Å². The average molecular weight is 159 g/mol. The molecule has 0 aliphatic carbocycles. The number of benzene rings is 1. The van der Waals surface area contributed by atoms with Crippen LogP contribution in [0.5, 0.6) is 0 Å². The maximum atomic E-state index is 5.18. The number of hydrogen-bond donors (Lipinski definition) is 0. The molecule has 0 radical (unpaired) electrons. The van der Waals surface area contributed by atoms with Gasteiger partial charge >= 0.3 is 5.69 Å². The van der Waals surface area contributed by atoms with Crippen LogP contribution in [0.2, 0.25) is 0 Å². The quantitative estimate of drug-likeness (QED) is 0.558. The molecule has 12 heavy (non-hydrogen) atoms. The van der Waals surface area contributed by atoms with Crippen LogP contribution >= 0.6 is 0 Å². The van der Waals surface area contributed by atoms with Gasteiger partial charge in [-0.1, -0.05) is 12.1 Å². The highest BCUT2D eigenvalue weighted by atomic mass is 14.8. The third kappa shape index (κ3) is 1.93. The molecule has 0 aromatic heterocycles. The molecule has 0 unspecified atom stereocenters. The first-order chi connectivity index (χ1) is 5.74. The van der Waals surface area contributed by atoms with Crippen LogP contribution in [0, 0.1) is 6.57 Å². The van der Waals surface area contributed by atoms with E-state index in [-0.39, 0.29) is 0 Å². The molecule has 2 heteroatoms. The molecule has 0 saturated heterocycles. The Morgan fingerprint density at radius 2 is 2.00 bits per heavy atom. The summed E-state index contributed by atoms with van der Waals surface area (Å²) in [5.74, 6) is 0. The topological polar surface area (TPSA) is 16.7 Å². The van der Waals surface area contributed by atoms with Crippen molar-refractivity contribution < 1.29 is 0 Å². The molecule has 0 fully saturated rings. The van der Waals surface area contributed by atoms with Gasteiger partial charge in [-0.05, 0) is 24.8 Å². The van der Waals surface area contributed by atoms with Crippen molar-refractivity contribution >= 4 is 17.1 Å². The van der Waals surface area contributed by atoms with Crippen molar-refractivity contribution in [2.45, 2.75) is 13.8 Å². The third-order valence-electron chi connectivity index (χ3n) is 1.36. The predicted molar refractivity (Wildman–Crippen MR) is 52.8 cm³/mol. The van der Waals surface area contributed by atoms with E-state index in [9.17, 15) is 0 Å². The molecular formula is C10H11N2+. The van der Waals surface area contributed by atoms with E-state index in [2.05, 4.69) is 9.84 Å². The van der Waals surface area contributed by atoms with Gasteiger partial charge in [-0.15, -0.1) is 0 Å². The molecule has 0 aliphatic heterocycles. The zero-order valence-electron chi connectivity index (χ0n) is 7.28. The smallest absolute Gasteiger partial charge is 0.250 e. The summed E-state index contributed by atoms with van der Waals surface area (Å²) in [4.78, 5) is 7.89. The Balaban J connectivity index is 3.17. The van der Waals surface area contributed by atoms with Crippen molar-refractivity contribution in [3.8, 4) is 6.57 Å². The fraction of sp³-hybridized carbons (Fsp3) is 0.200. The average Bonchev–Trinajstić information content (AvgIpc) is 2.04. The first kappa shape index (κ1) is 8.48. The van der Waals surface area contributed by atoms with E-state index < -0.39 is 0 Å². The highest BCUT2D eigenvalue weighted by Gasteiger charge is 2.06. The number of para-hydroxylation sites is 2. The van der Waals surface area contributed by atoms with Crippen LogP contribution < -0.4 is 0 Å². The molecule has 2 nitrogen and oxygen atoms in total. The Morgan fingerprint density at radius 1 is 1.33 bits per heavy atom. The molecule has 1 rings (SSSR count). The molecule has 0 aliphatic rings. The number of nitrogens with zero attached hydrogens (tertiary/aromatic N) is 2. The third-order valence-corrected chi connectivity index (χ3v) is 1.36. The van der Waals surface area contributed by atoms with Gasteiger partial charge in [0, 0.05) is 11.8 Å². The van der Waals surface area contributed by atoms with E-state index in [1.54, 1.807) is 0 Å². The van der Waals surface area contributed by atoms with Crippen molar-refractivity contribution in [3.05, 3.63) is 29.1 Å². The largest absolute Gasteiger partial charge is 0.365 e. The Hall–Kier alpha value is -1.62. The van der Waals surface area contributed by atoms with E-state index in [0.717, 1.165) is 17.1 Å². The Bertz CT molecular complexity index is 341. The lowest BCUT2D eigenvalue weighted by Gasteiger charge is -1.90. The molecule has 0 N–H and O–H groups in total. The van der Waals surface area contributed by atoms with Crippen molar-refractivity contribution in [2.24, 2.45) is 4.99 Å². The van der Waals surface area contributed by atoms with Crippen molar-refractivity contribution in [2.75, 3.05) is 0 Å². The van der Waals surface area contributed by atoms with Crippen LogP contribution in [0.15, 0.2) is 29.3 Å². The lowest BCUT2D eigenvalue weighted by molar-refractivity contribution is 1.48. The molecule has 0 amide bonds. The molecule has 0 heterocycles. The summed E-state index contributed by atoms with van der Waals surface area (Å²) in [5.41, 5.74) is 2.53. The SMILES string of the molecule is C#[N+]c1ccccc1N=C(C)C. The van der Waals surface area contributed by atoms with Crippen LogP contribution in [-0.4, -0.2) is 5.71 Å². The zero-order valence-corrected chi connectivity index (χ0v) is 7.28. The molecular weight excluding hydrogens is 148 g/mol. The highest BCUT2D eigenvalue weighted by molar-refractivity contribution is 5.84. The standard InChI is InChI=1S/C10H11N2/c1-8(2)12-10-7-5-4-6-9(10)11-3/h3-7H,1-2H3/q+1. The molecule has 0 saturated carbocycles. The van der Waals surface area contributed by atoms with E-state index in [1.165, 1.54) is 0 Å². The zero-order chi connectivity index (χ0) is 8.97. The van der Waals surface area contributed by atoms with Gasteiger partial charge in [0.1, 0.15) is 0 Å². The summed E-state index contributed by atoms with van der Waals surface area (Å²) >= 11 is 0. The first-order valence-corrected chi connectivity index (χ1v) is 3.76. The molecule has 0 bridgehead atoms. The van der Waals surface area contributed by atoms with Gasteiger partial charge in [-0.3, -0.25) is 4.99 Å². The second-order valence-electron chi connectivity index (χ2n) is 2.68. The van der Waals surface area contributed by atoms with Crippen LogP contribution in [0.25, 0.3) is 4.85 Å². The van der Waals surface area contributed by atoms with E-state index in [1.807, 2.05) is 38.1 Å². The fourth-order valence-electron chi connectivity index (χ4n) is 0.909. The predicted octanol–water partition coefficient (Wildman–Crippen LogP) is 3.39. The van der Waals surface area contributed by atoms with Gasteiger partial charge in [0.05, 0.1) is 0 Å². The highest BCUT2D eigenvalue weighted by Crippen LogP contribution is 2.26. The number of rotatable bonds is 1. The molecule has 1 aromatic carbocycles. The van der Waals surface area contributed by atoms with Gasteiger partial charge < -0.3 is 0 Å². The molecule has 60 valence electrons. The van der Waals surface area contributed by atoms with E-state index in [4.69, 9.17) is 6.57 Å². The second kappa shape index (κ2) is 3.68. The minimum atomic E-state index is 0.721. The van der Waals surface area contributed by atoms with Gasteiger partial charge in [-0.2, -0.15) is 0 Å². The lowest BCUT2D eigenvalue weighted by Crippen LogP contribution is -1.77. The van der Waals surface area contributed by atoms with Crippen LogP contribution in [0.1, 0.15) is 13.8 Å². The first-order valence-electron chi connectivity index (χ1n) is 3.76. The van der Waals surface area contributed by atoms with Crippen LogP contribution in [0.4, 0.5) is 11.4 Å². The monoisotopic (exact) mass is 159 g/mol. The minimum Gasteiger partial charge on any atom is -0.250 e. The summed E-state index contributed by atoms with van der Waals surface area (Å²) in [6, 6.07) is 7.52. The molecule has 0 atom stereocenters. The minimum absolute atomic E-state index is 0.721. The van der Waals surface area contributed by atoms with Crippen LogP contribution in [0.3, 0.4) is 0 Å². The van der Waals surface area contributed by atoms with Crippen molar-refractivity contribution in [3.63, 3.8) is 0 Å². The number of hydrogen-bond acceptors (Lipinski definition) is 1. The van der Waals surface area contributed by atoms with Crippen molar-refractivity contribution in [1.29, 1.82) is 0 Å². The lowest BCUT2D eigenvalue weighted by atomic mass is 10.3. The van der Waals surface area contributed by atoms with E-state index >= 15 is 0 Å². The maximum Gasteiger partial charge on any atom is 0.365 e. The summed E-state index contributed by atoms with van der Waals surface area (Å²) in [5, 5.41) is 0. The summed E-state index contributed by atoms with van der Waals surface area (Å²) in [6.07, 6.45) is 0. The molecule has 0 spiro atoms. The van der Waals surface area contributed by atoms with Gasteiger partial charge in [0.2, 0.25) is 0 Å². The van der Waals surface area contributed by atoms with Crippen LogP contribution in [-0.2, 0) is 0 Å². The summed E-state index contributed by atoms with van der Waals surface area (Å²) < 4.78 is 0. The Kier molecular flexibility index (Phi) is 2.60. The normalized spacial score (nSPS) is 8.75. The summed E-state index contributed by atoms with van der Waals surface area (Å²) in [7, 11) is 0. The number of aliphatic imine (C=N–C) groups is 1. The fourth-order valence-corrected chi connectivity index (χ4v) is 0.909. The Morgan fingerprint density at radius 3 is 2.58 bits per heavy atom. The van der Waals surface area contributed by atoms with E-state index in [0.29, 0.717) is 0 Å².